The zero-order chi connectivity index (χ0) is 15.3. The van der Waals surface area contributed by atoms with Gasteiger partial charge in [-0.05, 0) is 31.5 Å². The molecule has 0 aromatic heterocycles. The Labute approximate surface area is 116 Å². The highest BCUT2D eigenvalue weighted by Gasteiger charge is 2.20. The maximum atomic E-state index is 12.0. The van der Waals surface area contributed by atoms with Crippen molar-refractivity contribution in [2.75, 3.05) is 13.2 Å². The number of esters is 1. The van der Waals surface area contributed by atoms with Crippen LogP contribution < -0.4 is 4.72 Å². The van der Waals surface area contributed by atoms with E-state index in [2.05, 4.69) is 0 Å². The Hall–Kier alpha value is -1.93. The van der Waals surface area contributed by atoms with E-state index in [0.29, 0.717) is 5.56 Å². The monoisotopic (exact) mass is 301 g/mol. The van der Waals surface area contributed by atoms with Crippen molar-refractivity contribution in [2.45, 2.75) is 18.7 Å². The van der Waals surface area contributed by atoms with Crippen molar-refractivity contribution < 1.29 is 27.9 Å². The summed E-state index contributed by atoms with van der Waals surface area (Å²) in [7, 11) is -4.00. The third-order valence-electron chi connectivity index (χ3n) is 2.40. The van der Waals surface area contributed by atoms with Gasteiger partial charge in [-0.2, -0.15) is 4.72 Å². The number of carbonyl (C=O) groups is 2. The van der Waals surface area contributed by atoms with E-state index >= 15 is 0 Å². The first-order valence-corrected chi connectivity index (χ1v) is 7.25. The largest absolute Gasteiger partial charge is 0.480 e. The van der Waals surface area contributed by atoms with Crippen LogP contribution in [0.2, 0.25) is 0 Å². The lowest BCUT2D eigenvalue weighted by atomic mass is 10.1. The summed E-state index contributed by atoms with van der Waals surface area (Å²) in [4.78, 5) is 21.8. The molecule has 0 spiro atoms. The molecule has 7 nitrogen and oxygen atoms in total. The topological polar surface area (TPSA) is 110 Å². The lowest BCUT2D eigenvalue weighted by molar-refractivity contribution is -0.135. The molecule has 0 radical (unpaired) electrons. The Morgan fingerprint density at radius 1 is 1.35 bits per heavy atom. The summed E-state index contributed by atoms with van der Waals surface area (Å²) >= 11 is 0. The molecule has 1 aromatic carbocycles. The molecule has 0 saturated heterocycles. The van der Waals surface area contributed by atoms with Crippen LogP contribution in [0.4, 0.5) is 0 Å². The molecule has 110 valence electrons. The average Bonchev–Trinajstić information content (AvgIpc) is 2.37. The molecular formula is C12H15NO6S. The predicted octanol–water partition coefficient (Wildman–Crippen LogP) is 0.535. The van der Waals surface area contributed by atoms with Gasteiger partial charge in [0.15, 0.2) is 0 Å². The van der Waals surface area contributed by atoms with Crippen molar-refractivity contribution in [1.29, 1.82) is 0 Å². The number of hydrogen-bond donors (Lipinski definition) is 2. The molecule has 0 aliphatic heterocycles. The van der Waals surface area contributed by atoms with Gasteiger partial charge in [0.2, 0.25) is 10.0 Å². The lowest BCUT2D eigenvalue weighted by Crippen LogP contribution is -2.30. The van der Waals surface area contributed by atoms with E-state index in [1.807, 2.05) is 4.72 Å². The van der Waals surface area contributed by atoms with Crippen LogP contribution in [0.1, 0.15) is 22.8 Å². The van der Waals surface area contributed by atoms with Gasteiger partial charge in [-0.25, -0.2) is 13.2 Å². The minimum atomic E-state index is -4.00. The summed E-state index contributed by atoms with van der Waals surface area (Å²) in [5.41, 5.74) is 0.490. The fraction of sp³-hybridized carbons (Fsp3) is 0.333. The van der Waals surface area contributed by atoms with Crippen molar-refractivity contribution in [2.24, 2.45) is 0 Å². The van der Waals surface area contributed by atoms with E-state index in [4.69, 9.17) is 9.84 Å². The number of hydrogen-bond acceptors (Lipinski definition) is 5. The van der Waals surface area contributed by atoms with E-state index in [1.54, 1.807) is 13.8 Å². The standard InChI is InChI=1S/C12H15NO6S/c1-3-19-12(16)9-5-4-8(2)10(6-9)20(17,18)13-7-11(14)15/h4-6,13H,3,7H2,1-2H3,(H,14,15). The quantitative estimate of drug-likeness (QED) is 0.742. The van der Waals surface area contributed by atoms with Crippen LogP contribution in [0.15, 0.2) is 23.1 Å². The summed E-state index contributed by atoms with van der Waals surface area (Å²) < 4.78 is 30.6. The van der Waals surface area contributed by atoms with Crippen molar-refractivity contribution in [3.63, 3.8) is 0 Å². The number of rotatable bonds is 6. The van der Waals surface area contributed by atoms with Crippen molar-refractivity contribution >= 4 is 22.0 Å². The fourth-order valence-electron chi connectivity index (χ4n) is 1.47. The van der Waals surface area contributed by atoms with Gasteiger partial charge in [0, 0.05) is 0 Å². The lowest BCUT2D eigenvalue weighted by Gasteiger charge is -2.09. The highest BCUT2D eigenvalue weighted by atomic mass is 32.2. The molecular weight excluding hydrogens is 286 g/mol. The zero-order valence-corrected chi connectivity index (χ0v) is 11.9. The number of aliphatic carboxylic acids is 1. The number of sulfonamides is 1. The number of carboxylic acid groups (broad SMARTS) is 1. The van der Waals surface area contributed by atoms with Gasteiger partial charge in [0.05, 0.1) is 17.1 Å². The molecule has 0 aliphatic carbocycles. The minimum absolute atomic E-state index is 0.0909. The normalized spacial score (nSPS) is 11.1. The highest BCUT2D eigenvalue weighted by molar-refractivity contribution is 7.89. The summed E-state index contributed by atoms with van der Waals surface area (Å²) in [5.74, 6) is -1.94. The molecule has 0 saturated carbocycles. The fourth-order valence-corrected chi connectivity index (χ4v) is 2.71. The minimum Gasteiger partial charge on any atom is -0.480 e. The first-order chi connectivity index (χ1) is 9.27. The van der Waals surface area contributed by atoms with Crippen molar-refractivity contribution in [1.82, 2.24) is 4.72 Å². The Bertz CT molecular complexity index is 623. The Balaban J connectivity index is 3.14. The summed E-state index contributed by atoms with van der Waals surface area (Å²) in [5, 5.41) is 8.50. The molecule has 0 atom stereocenters. The van der Waals surface area contributed by atoms with Crippen molar-refractivity contribution in [3.8, 4) is 0 Å². The van der Waals surface area contributed by atoms with Crippen LogP contribution in [0.3, 0.4) is 0 Å². The number of nitrogens with one attached hydrogen (secondary N) is 1. The number of benzene rings is 1. The van der Waals surface area contributed by atoms with Gasteiger partial charge < -0.3 is 9.84 Å². The third-order valence-corrected chi connectivity index (χ3v) is 3.95. The van der Waals surface area contributed by atoms with Crippen LogP contribution in [0.5, 0.6) is 0 Å². The van der Waals surface area contributed by atoms with Gasteiger partial charge in [-0.15, -0.1) is 0 Å². The SMILES string of the molecule is CCOC(=O)c1ccc(C)c(S(=O)(=O)NCC(=O)O)c1. The Morgan fingerprint density at radius 3 is 2.55 bits per heavy atom. The molecule has 20 heavy (non-hydrogen) atoms. The zero-order valence-electron chi connectivity index (χ0n) is 11.0. The van der Waals surface area contributed by atoms with Crippen LogP contribution in [0.25, 0.3) is 0 Å². The molecule has 8 heteroatoms. The van der Waals surface area contributed by atoms with E-state index in [-0.39, 0.29) is 17.1 Å². The molecule has 0 amide bonds. The Kier molecular flexibility index (Phi) is 5.23. The number of carboxylic acids is 1. The molecule has 0 heterocycles. The summed E-state index contributed by atoms with van der Waals surface area (Å²) in [6, 6.07) is 4.07. The summed E-state index contributed by atoms with van der Waals surface area (Å²) in [6.45, 7) is 2.62. The van der Waals surface area contributed by atoms with E-state index in [9.17, 15) is 18.0 Å². The van der Waals surface area contributed by atoms with E-state index in [0.717, 1.165) is 6.07 Å². The van der Waals surface area contributed by atoms with E-state index < -0.39 is 28.5 Å². The highest BCUT2D eigenvalue weighted by Crippen LogP contribution is 2.17. The van der Waals surface area contributed by atoms with Crippen LogP contribution in [-0.4, -0.2) is 38.6 Å². The van der Waals surface area contributed by atoms with Gasteiger partial charge in [0.25, 0.3) is 0 Å². The number of carbonyl (C=O) groups excluding carboxylic acids is 1. The predicted molar refractivity (Wildman–Crippen MR) is 70.0 cm³/mol. The van der Waals surface area contributed by atoms with Gasteiger partial charge in [0.1, 0.15) is 6.54 Å². The maximum Gasteiger partial charge on any atom is 0.338 e. The average molecular weight is 301 g/mol. The van der Waals surface area contributed by atoms with Gasteiger partial charge >= 0.3 is 11.9 Å². The molecule has 0 unspecified atom stereocenters. The molecule has 1 aromatic rings. The van der Waals surface area contributed by atoms with Gasteiger partial charge in [-0.1, -0.05) is 6.07 Å². The van der Waals surface area contributed by atoms with Crippen LogP contribution >= 0.6 is 0 Å². The molecule has 0 aliphatic rings. The second kappa shape index (κ2) is 6.49. The maximum absolute atomic E-state index is 12.0. The van der Waals surface area contributed by atoms with Crippen molar-refractivity contribution in [3.05, 3.63) is 29.3 Å². The second-order valence-corrected chi connectivity index (χ2v) is 5.65. The third kappa shape index (κ3) is 4.04. The van der Waals surface area contributed by atoms with Gasteiger partial charge in [-0.3, -0.25) is 4.79 Å². The molecule has 0 bridgehead atoms. The smallest absolute Gasteiger partial charge is 0.338 e. The first-order valence-electron chi connectivity index (χ1n) is 5.77. The Morgan fingerprint density at radius 2 is 2.00 bits per heavy atom. The first kappa shape index (κ1) is 16.1. The number of ether oxygens (including phenoxy) is 1. The van der Waals surface area contributed by atoms with E-state index in [1.165, 1.54) is 12.1 Å². The second-order valence-electron chi connectivity index (χ2n) is 3.92. The van der Waals surface area contributed by atoms with Crippen LogP contribution in [0, 0.1) is 6.92 Å². The van der Waals surface area contributed by atoms with Crippen LogP contribution in [-0.2, 0) is 19.6 Å². The molecule has 1 rings (SSSR count). The molecule has 0 fully saturated rings. The molecule has 2 N–H and O–H groups in total. The number of aryl methyl sites for hydroxylation is 1. The summed E-state index contributed by atoms with van der Waals surface area (Å²) in [6.07, 6.45) is 0.